The summed E-state index contributed by atoms with van der Waals surface area (Å²) in [4.78, 5) is 14.9. The molecular weight excluding hydrogens is 485 g/mol. The maximum atomic E-state index is 14.0. The van der Waals surface area contributed by atoms with Gasteiger partial charge < -0.3 is 18.9 Å². The van der Waals surface area contributed by atoms with Gasteiger partial charge in [0.25, 0.3) is 0 Å². The van der Waals surface area contributed by atoms with Crippen molar-refractivity contribution >= 4 is 11.0 Å². The SMILES string of the molecule is CN1CCC(CCOc2ncc(-c3nc(C#N)nc4c3ccn4CC3CCOC3)cc2C(F)(F)F)CC1. The topological polar surface area (TPSA) is 89.1 Å². The molecule has 2 aliphatic heterocycles. The summed E-state index contributed by atoms with van der Waals surface area (Å²) in [5.41, 5.74) is -0.0682. The largest absolute Gasteiger partial charge is 0.477 e. The highest BCUT2D eigenvalue weighted by Gasteiger charge is 2.36. The number of ether oxygens (including phenoxy) is 2. The molecule has 196 valence electrons. The summed E-state index contributed by atoms with van der Waals surface area (Å²) < 4.78 is 55.0. The van der Waals surface area contributed by atoms with Crippen molar-refractivity contribution in [3.8, 4) is 23.2 Å². The lowest BCUT2D eigenvalue weighted by Gasteiger charge is -2.28. The summed E-state index contributed by atoms with van der Waals surface area (Å²) in [7, 11) is 2.07. The monoisotopic (exact) mass is 514 g/mol. The van der Waals surface area contributed by atoms with Crippen molar-refractivity contribution < 1.29 is 22.6 Å². The fourth-order valence-corrected chi connectivity index (χ4v) is 5.06. The number of nitrogens with zero attached hydrogens (tertiary/aromatic N) is 6. The van der Waals surface area contributed by atoms with Crippen LogP contribution in [0.15, 0.2) is 24.5 Å². The molecule has 3 aromatic heterocycles. The van der Waals surface area contributed by atoms with Crippen LogP contribution in [0.1, 0.15) is 37.1 Å². The Morgan fingerprint density at radius 3 is 2.70 bits per heavy atom. The highest BCUT2D eigenvalue weighted by Crippen LogP contribution is 2.38. The van der Waals surface area contributed by atoms with Crippen LogP contribution in [0.3, 0.4) is 0 Å². The zero-order chi connectivity index (χ0) is 26.0. The van der Waals surface area contributed by atoms with Gasteiger partial charge in [-0.2, -0.15) is 18.4 Å². The molecule has 0 amide bonds. The number of rotatable bonds is 7. The summed E-state index contributed by atoms with van der Waals surface area (Å²) in [5.74, 6) is 0.193. The number of piperidine rings is 1. The molecule has 0 aliphatic carbocycles. The smallest absolute Gasteiger partial charge is 0.421 e. The average Bonchev–Trinajstić information content (AvgIpc) is 3.55. The van der Waals surface area contributed by atoms with Gasteiger partial charge in [-0.15, -0.1) is 0 Å². The second-order valence-electron chi connectivity index (χ2n) is 9.90. The molecule has 0 saturated carbocycles. The molecule has 37 heavy (non-hydrogen) atoms. The summed E-state index contributed by atoms with van der Waals surface area (Å²) in [6.45, 7) is 4.13. The second-order valence-corrected chi connectivity index (χ2v) is 9.90. The van der Waals surface area contributed by atoms with Gasteiger partial charge in [-0.1, -0.05) is 0 Å². The first kappa shape index (κ1) is 25.4. The lowest BCUT2D eigenvalue weighted by Crippen LogP contribution is -2.30. The number of hydrogen-bond acceptors (Lipinski definition) is 7. The van der Waals surface area contributed by atoms with E-state index in [4.69, 9.17) is 9.47 Å². The molecule has 8 nitrogen and oxygen atoms in total. The van der Waals surface area contributed by atoms with E-state index in [0.29, 0.717) is 49.0 Å². The van der Waals surface area contributed by atoms with E-state index < -0.39 is 17.6 Å². The van der Waals surface area contributed by atoms with Crippen molar-refractivity contribution in [3.05, 3.63) is 35.9 Å². The van der Waals surface area contributed by atoms with Gasteiger partial charge in [0.15, 0.2) is 0 Å². The number of likely N-dealkylation sites (tertiary alicyclic amines) is 1. The molecule has 2 saturated heterocycles. The summed E-state index contributed by atoms with van der Waals surface area (Å²) in [6.07, 6.45) is 2.11. The van der Waals surface area contributed by atoms with Gasteiger partial charge >= 0.3 is 6.18 Å². The van der Waals surface area contributed by atoms with Crippen LogP contribution in [-0.2, 0) is 17.5 Å². The van der Waals surface area contributed by atoms with Crippen molar-refractivity contribution in [1.29, 1.82) is 5.26 Å². The van der Waals surface area contributed by atoms with Gasteiger partial charge in [-0.05, 0) is 63.9 Å². The van der Waals surface area contributed by atoms with Crippen LogP contribution in [0.25, 0.3) is 22.3 Å². The predicted octanol–water partition coefficient (Wildman–Crippen LogP) is 4.53. The van der Waals surface area contributed by atoms with Crippen LogP contribution in [-0.4, -0.2) is 64.4 Å². The Bertz CT molecular complexity index is 1290. The third-order valence-electron chi connectivity index (χ3n) is 7.23. The summed E-state index contributed by atoms with van der Waals surface area (Å²) in [6, 6.07) is 4.70. The normalized spacial score (nSPS) is 19.4. The number of fused-ring (bicyclic) bond motifs is 1. The third-order valence-corrected chi connectivity index (χ3v) is 7.23. The Morgan fingerprint density at radius 1 is 1.19 bits per heavy atom. The molecule has 0 bridgehead atoms. The van der Waals surface area contributed by atoms with Gasteiger partial charge in [-0.25, -0.2) is 15.0 Å². The molecule has 5 heterocycles. The van der Waals surface area contributed by atoms with E-state index in [1.165, 1.54) is 6.20 Å². The van der Waals surface area contributed by atoms with Crippen LogP contribution in [0.2, 0.25) is 0 Å². The molecule has 0 N–H and O–H groups in total. The van der Waals surface area contributed by atoms with Gasteiger partial charge in [0.2, 0.25) is 11.7 Å². The van der Waals surface area contributed by atoms with Crippen molar-refractivity contribution in [2.45, 2.75) is 38.4 Å². The van der Waals surface area contributed by atoms with Crippen LogP contribution < -0.4 is 4.74 Å². The molecule has 2 fully saturated rings. The van der Waals surface area contributed by atoms with E-state index in [-0.39, 0.29) is 23.7 Å². The van der Waals surface area contributed by atoms with Crippen LogP contribution >= 0.6 is 0 Å². The molecule has 2 aliphatic rings. The third kappa shape index (κ3) is 5.70. The Balaban J connectivity index is 1.43. The molecule has 0 radical (unpaired) electrons. The highest BCUT2D eigenvalue weighted by atomic mass is 19.4. The predicted molar refractivity (Wildman–Crippen MR) is 130 cm³/mol. The Morgan fingerprint density at radius 2 is 2.00 bits per heavy atom. The maximum Gasteiger partial charge on any atom is 0.421 e. The summed E-state index contributed by atoms with van der Waals surface area (Å²) >= 11 is 0. The Hall–Kier alpha value is -3.23. The van der Waals surface area contributed by atoms with E-state index >= 15 is 0 Å². The molecule has 1 atom stereocenters. The van der Waals surface area contributed by atoms with Gasteiger partial charge in [-0.3, -0.25) is 0 Å². The first-order chi connectivity index (χ1) is 17.8. The Labute approximate surface area is 213 Å². The zero-order valence-electron chi connectivity index (χ0n) is 20.7. The lowest BCUT2D eigenvalue weighted by molar-refractivity contribution is -0.139. The number of hydrogen-bond donors (Lipinski definition) is 0. The fraction of sp³-hybridized carbons (Fsp3) is 0.538. The number of nitriles is 1. The fourth-order valence-electron chi connectivity index (χ4n) is 5.06. The lowest BCUT2D eigenvalue weighted by atomic mass is 9.94. The second kappa shape index (κ2) is 10.6. The van der Waals surface area contributed by atoms with Gasteiger partial charge in [0.05, 0.1) is 18.9 Å². The van der Waals surface area contributed by atoms with Crippen LogP contribution in [0.4, 0.5) is 13.2 Å². The van der Waals surface area contributed by atoms with Crippen molar-refractivity contribution in [3.63, 3.8) is 0 Å². The quantitative estimate of drug-likeness (QED) is 0.458. The molecule has 3 aromatic rings. The number of alkyl halides is 3. The minimum atomic E-state index is -4.66. The van der Waals surface area contributed by atoms with Crippen molar-refractivity contribution in [1.82, 2.24) is 24.4 Å². The molecule has 1 unspecified atom stereocenters. The average molecular weight is 515 g/mol. The van der Waals surface area contributed by atoms with E-state index in [2.05, 4.69) is 26.9 Å². The van der Waals surface area contributed by atoms with Crippen LogP contribution in [0.5, 0.6) is 5.88 Å². The minimum Gasteiger partial charge on any atom is -0.477 e. The standard InChI is InChI=1S/C26H29F3N6O2/c1-34-7-2-17(3-8-34)6-11-37-25-21(26(27,28)29)12-19(14-31-25)23-20-4-9-35(15-18-5-10-36-16-18)24(20)33-22(13-30)32-23/h4,9,12,14,17-18H,2-3,5-8,10-11,15-16H2,1H3. The molecular formula is C26H29F3N6O2. The maximum absolute atomic E-state index is 14.0. The molecule has 5 rings (SSSR count). The van der Waals surface area contributed by atoms with E-state index in [1.807, 2.05) is 16.8 Å². The van der Waals surface area contributed by atoms with Crippen molar-refractivity contribution in [2.75, 3.05) is 40.0 Å². The zero-order valence-corrected chi connectivity index (χ0v) is 20.7. The van der Waals surface area contributed by atoms with Crippen LogP contribution in [0, 0.1) is 23.2 Å². The van der Waals surface area contributed by atoms with Crippen molar-refractivity contribution in [2.24, 2.45) is 11.8 Å². The highest BCUT2D eigenvalue weighted by molar-refractivity contribution is 5.91. The minimum absolute atomic E-state index is 0.114. The van der Waals surface area contributed by atoms with E-state index in [1.54, 1.807) is 6.07 Å². The first-order valence-electron chi connectivity index (χ1n) is 12.6. The molecule has 0 spiro atoms. The molecule has 0 aromatic carbocycles. The molecule has 11 heteroatoms. The van der Waals surface area contributed by atoms with E-state index in [0.717, 1.165) is 38.4 Å². The number of halogens is 3. The van der Waals surface area contributed by atoms with Gasteiger partial charge in [0.1, 0.15) is 17.3 Å². The first-order valence-corrected chi connectivity index (χ1v) is 12.6. The van der Waals surface area contributed by atoms with Gasteiger partial charge in [0, 0.05) is 42.4 Å². The number of aromatic nitrogens is 4. The summed E-state index contributed by atoms with van der Waals surface area (Å²) in [5, 5.41) is 10.1. The number of pyridine rings is 1. The Kier molecular flexibility index (Phi) is 7.31. The van der Waals surface area contributed by atoms with E-state index in [9.17, 15) is 18.4 Å².